The summed E-state index contributed by atoms with van der Waals surface area (Å²) < 4.78 is 7.16. The number of aromatic nitrogens is 1. The number of carbonyl (C=O) groups excluding carboxylic acids is 3. The molecule has 0 radical (unpaired) electrons. The number of amides is 1. The molecule has 0 fully saturated rings. The van der Waals surface area contributed by atoms with Gasteiger partial charge in [0.2, 0.25) is 11.7 Å². The lowest BCUT2D eigenvalue weighted by Gasteiger charge is -2.13. The monoisotopic (exact) mass is 390 g/mol. The van der Waals surface area contributed by atoms with Crippen molar-refractivity contribution in [2.24, 2.45) is 0 Å². The first-order valence-electron chi connectivity index (χ1n) is 8.63. The molecule has 0 unspecified atom stereocenters. The van der Waals surface area contributed by atoms with E-state index in [9.17, 15) is 14.4 Å². The zero-order valence-electron chi connectivity index (χ0n) is 15.8. The van der Waals surface area contributed by atoms with Crippen LogP contribution in [0.5, 0.6) is 0 Å². The van der Waals surface area contributed by atoms with Crippen LogP contribution in [0.3, 0.4) is 0 Å². The number of carbonyl (C=O) groups is 3. The van der Waals surface area contributed by atoms with Gasteiger partial charge in [0.1, 0.15) is 0 Å². The Morgan fingerprint density at radius 2 is 1.81 bits per heavy atom. The summed E-state index contributed by atoms with van der Waals surface area (Å²) in [6, 6.07) is 9.12. The minimum absolute atomic E-state index is 0.0149. The van der Waals surface area contributed by atoms with Gasteiger partial charge in [-0.25, -0.2) is 0 Å². The molecule has 0 aliphatic carbocycles. The third-order valence-electron chi connectivity index (χ3n) is 4.16. The van der Waals surface area contributed by atoms with Crippen molar-refractivity contribution in [2.45, 2.75) is 40.2 Å². The number of rotatable bonds is 7. The second-order valence-corrected chi connectivity index (χ2v) is 6.76. The highest BCUT2D eigenvalue weighted by atomic mass is 35.5. The van der Waals surface area contributed by atoms with Crippen LogP contribution in [0.4, 0.5) is 0 Å². The van der Waals surface area contributed by atoms with E-state index >= 15 is 0 Å². The fourth-order valence-electron chi connectivity index (χ4n) is 2.87. The first kappa shape index (κ1) is 20.7. The molecule has 1 amide bonds. The highest BCUT2D eigenvalue weighted by molar-refractivity contribution is 6.30. The van der Waals surface area contributed by atoms with E-state index in [4.69, 9.17) is 16.3 Å². The fourth-order valence-corrected chi connectivity index (χ4v) is 2.99. The zero-order chi connectivity index (χ0) is 20.1. The smallest absolute Gasteiger partial charge is 0.308 e. The van der Waals surface area contributed by atoms with Gasteiger partial charge in [0.05, 0.1) is 6.42 Å². The molecular formula is C20H23ClN2O4. The second kappa shape index (κ2) is 8.86. The van der Waals surface area contributed by atoms with E-state index in [-0.39, 0.29) is 24.7 Å². The summed E-state index contributed by atoms with van der Waals surface area (Å²) in [5.41, 5.74) is 3.06. The van der Waals surface area contributed by atoms with Crippen molar-refractivity contribution in [3.63, 3.8) is 0 Å². The SMILES string of the molecule is CC(=O)NCCC(=O)O[C@H](C)C(=O)c1cc(C)n(-c2ccc(Cl)cc2)c1C. The van der Waals surface area contributed by atoms with Gasteiger partial charge in [-0.2, -0.15) is 0 Å². The maximum absolute atomic E-state index is 12.8. The number of benzene rings is 1. The van der Waals surface area contributed by atoms with Gasteiger partial charge in [-0.15, -0.1) is 0 Å². The summed E-state index contributed by atoms with van der Waals surface area (Å²) in [6.07, 6.45) is -0.893. The van der Waals surface area contributed by atoms with E-state index in [0.717, 1.165) is 17.1 Å². The maximum atomic E-state index is 12.8. The summed E-state index contributed by atoms with van der Waals surface area (Å²) in [6.45, 7) is 6.85. The minimum Gasteiger partial charge on any atom is -0.454 e. The molecule has 0 saturated heterocycles. The van der Waals surface area contributed by atoms with Gasteiger partial charge < -0.3 is 14.6 Å². The summed E-state index contributed by atoms with van der Waals surface area (Å²) in [5.74, 6) is -1.02. The first-order valence-corrected chi connectivity index (χ1v) is 9.01. The van der Waals surface area contributed by atoms with Crippen molar-refractivity contribution >= 4 is 29.3 Å². The normalized spacial score (nSPS) is 11.7. The Morgan fingerprint density at radius 3 is 2.41 bits per heavy atom. The second-order valence-electron chi connectivity index (χ2n) is 6.33. The molecule has 0 aliphatic rings. The number of Topliss-reactive ketones (excluding diaryl/α,β-unsaturated/α-hetero) is 1. The van der Waals surface area contributed by atoms with Gasteiger partial charge in [-0.1, -0.05) is 11.6 Å². The highest BCUT2D eigenvalue weighted by Gasteiger charge is 2.24. The molecule has 0 aliphatic heterocycles. The van der Waals surface area contributed by atoms with Gasteiger partial charge >= 0.3 is 5.97 Å². The van der Waals surface area contributed by atoms with Crippen LogP contribution in [0.1, 0.15) is 42.0 Å². The third-order valence-corrected chi connectivity index (χ3v) is 4.41. The number of halogens is 1. The largest absolute Gasteiger partial charge is 0.454 e. The maximum Gasteiger partial charge on any atom is 0.308 e. The van der Waals surface area contributed by atoms with Crippen LogP contribution in [-0.2, 0) is 14.3 Å². The van der Waals surface area contributed by atoms with E-state index in [0.29, 0.717) is 10.6 Å². The standard InChI is InChI=1S/C20H23ClN2O4/c1-12-11-18(13(2)23(12)17-7-5-16(21)6-8-17)20(26)14(3)27-19(25)9-10-22-15(4)24/h5-8,11,14H,9-10H2,1-4H3,(H,22,24)/t14-/m1/s1. The molecule has 0 bridgehead atoms. The zero-order valence-corrected chi connectivity index (χ0v) is 16.6. The topological polar surface area (TPSA) is 77.4 Å². The van der Waals surface area contributed by atoms with Crippen LogP contribution in [0.2, 0.25) is 5.02 Å². The Balaban J connectivity index is 2.12. The van der Waals surface area contributed by atoms with Crippen molar-refractivity contribution in [3.8, 4) is 5.69 Å². The van der Waals surface area contributed by atoms with Crippen LogP contribution in [0.25, 0.3) is 5.69 Å². The van der Waals surface area contributed by atoms with Gasteiger partial charge in [-0.3, -0.25) is 14.4 Å². The van der Waals surface area contributed by atoms with Crippen LogP contribution in [0, 0.1) is 13.8 Å². The number of nitrogens with zero attached hydrogens (tertiary/aromatic N) is 1. The summed E-state index contributed by atoms with van der Waals surface area (Å²) in [7, 11) is 0. The number of nitrogens with one attached hydrogen (secondary N) is 1. The van der Waals surface area contributed by atoms with E-state index < -0.39 is 12.1 Å². The van der Waals surface area contributed by atoms with Crippen LogP contribution >= 0.6 is 11.6 Å². The minimum atomic E-state index is -0.908. The quantitative estimate of drug-likeness (QED) is 0.580. The third kappa shape index (κ3) is 5.20. The number of aryl methyl sites for hydroxylation is 1. The average molecular weight is 391 g/mol. The van der Waals surface area contributed by atoms with Crippen LogP contribution in [-0.4, -0.2) is 34.9 Å². The molecule has 1 aromatic carbocycles. The van der Waals surface area contributed by atoms with Crippen molar-refractivity contribution in [1.29, 1.82) is 0 Å². The van der Waals surface area contributed by atoms with Gasteiger partial charge in [0, 0.05) is 41.1 Å². The highest BCUT2D eigenvalue weighted by Crippen LogP contribution is 2.23. The molecule has 0 saturated carbocycles. The summed E-state index contributed by atoms with van der Waals surface area (Å²) in [5, 5.41) is 3.15. The number of hydrogen-bond donors (Lipinski definition) is 1. The molecule has 27 heavy (non-hydrogen) atoms. The van der Waals surface area contributed by atoms with E-state index in [1.54, 1.807) is 25.1 Å². The van der Waals surface area contributed by atoms with Crippen LogP contribution in [0.15, 0.2) is 30.3 Å². The number of esters is 1. The predicted molar refractivity (Wildman–Crippen MR) is 103 cm³/mol. The van der Waals surface area contributed by atoms with Gasteiger partial charge in [-0.05, 0) is 51.1 Å². The number of ketones is 1. The Bertz CT molecular complexity index is 856. The molecule has 6 nitrogen and oxygen atoms in total. The van der Waals surface area contributed by atoms with E-state index in [1.165, 1.54) is 6.92 Å². The van der Waals surface area contributed by atoms with Crippen molar-refractivity contribution in [2.75, 3.05) is 6.54 Å². The molecule has 1 heterocycles. The fraction of sp³-hybridized carbons (Fsp3) is 0.350. The van der Waals surface area contributed by atoms with Crippen molar-refractivity contribution < 1.29 is 19.1 Å². The lowest BCUT2D eigenvalue weighted by Crippen LogP contribution is -2.28. The molecule has 1 N–H and O–H groups in total. The molecule has 1 aromatic heterocycles. The summed E-state index contributed by atoms with van der Waals surface area (Å²) >= 11 is 5.94. The number of hydrogen-bond acceptors (Lipinski definition) is 4. The molecule has 0 spiro atoms. The Labute approximate surface area is 163 Å². The van der Waals surface area contributed by atoms with E-state index in [2.05, 4.69) is 5.32 Å². The van der Waals surface area contributed by atoms with Crippen molar-refractivity contribution in [1.82, 2.24) is 9.88 Å². The van der Waals surface area contributed by atoms with Crippen molar-refractivity contribution in [3.05, 3.63) is 52.3 Å². The predicted octanol–water partition coefficient (Wildman–Crippen LogP) is 3.39. The van der Waals surface area contributed by atoms with Gasteiger partial charge in [0.15, 0.2) is 6.10 Å². The lowest BCUT2D eigenvalue weighted by molar-refractivity contribution is -0.146. The lowest BCUT2D eigenvalue weighted by atomic mass is 10.1. The molecular weight excluding hydrogens is 368 g/mol. The molecule has 1 atom stereocenters. The summed E-state index contributed by atoms with van der Waals surface area (Å²) in [4.78, 5) is 35.4. The Hall–Kier alpha value is -2.60. The molecule has 144 valence electrons. The molecule has 7 heteroatoms. The molecule has 2 aromatic rings. The Kier molecular flexibility index (Phi) is 6.80. The number of ether oxygens (including phenoxy) is 1. The average Bonchev–Trinajstić information content (AvgIpc) is 2.89. The molecule has 2 rings (SSSR count). The van der Waals surface area contributed by atoms with E-state index in [1.807, 2.05) is 30.5 Å². The Morgan fingerprint density at radius 1 is 1.19 bits per heavy atom. The van der Waals surface area contributed by atoms with Gasteiger partial charge in [0.25, 0.3) is 0 Å². The first-order chi connectivity index (χ1) is 12.7. The van der Waals surface area contributed by atoms with Crippen LogP contribution < -0.4 is 5.32 Å².